The van der Waals surface area contributed by atoms with E-state index in [0.717, 1.165) is 0 Å². The molecule has 0 spiro atoms. The molecule has 168 valence electrons. The number of carbonyl (C=O) groups is 1. The summed E-state index contributed by atoms with van der Waals surface area (Å²) in [7, 11) is -1.45. The number of thioether (sulfide) groups is 1. The number of rotatable bonds is 9. The third-order valence-electron chi connectivity index (χ3n) is 5.03. The maximum Gasteiger partial charge on any atom is 0.235 e. The Bertz CT molecular complexity index is 1060. The second-order valence-electron chi connectivity index (χ2n) is 7.28. The molecule has 2 heterocycles. The van der Waals surface area contributed by atoms with Crippen molar-refractivity contribution in [2.24, 2.45) is 0 Å². The second kappa shape index (κ2) is 9.82. The molecule has 0 radical (unpaired) electrons. The predicted octanol–water partition coefficient (Wildman–Crippen LogP) is 2.31. The van der Waals surface area contributed by atoms with E-state index in [4.69, 9.17) is 4.74 Å². The Morgan fingerprint density at radius 1 is 1.45 bits per heavy atom. The van der Waals surface area contributed by atoms with Crippen LogP contribution < -0.4 is 4.74 Å². The summed E-state index contributed by atoms with van der Waals surface area (Å²) in [5, 5.41) is 8.29. The zero-order valence-electron chi connectivity index (χ0n) is 17.4. The smallest absolute Gasteiger partial charge is 0.235 e. The van der Waals surface area contributed by atoms with Crippen LogP contribution in [0.15, 0.2) is 42.1 Å². The van der Waals surface area contributed by atoms with Gasteiger partial charge in [0.05, 0.1) is 16.8 Å². The van der Waals surface area contributed by atoms with Gasteiger partial charge in [0, 0.05) is 19.6 Å². The third-order valence-corrected chi connectivity index (χ3v) is 7.85. The monoisotopic (exact) mass is 468 g/mol. The van der Waals surface area contributed by atoms with Crippen molar-refractivity contribution in [1.82, 2.24) is 19.7 Å². The average Bonchev–Trinajstić information content (AvgIpc) is 3.29. The first-order valence-electron chi connectivity index (χ1n) is 9.76. The number of hydrogen-bond acceptors (Lipinski definition) is 7. The van der Waals surface area contributed by atoms with Crippen LogP contribution in [0.25, 0.3) is 0 Å². The highest BCUT2D eigenvalue weighted by molar-refractivity contribution is 8.00. The van der Waals surface area contributed by atoms with Crippen molar-refractivity contribution in [1.29, 1.82) is 0 Å². The average molecular weight is 469 g/mol. The van der Waals surface area contributed by atoms with E-state index in [1.165, 1.54) is 28.8 Å². The van der Waals surface area contributed by atoms with Gasteiger partial charge in [0.15, 0.2) is 32.4 Å². The van der Waals surface area contributed by atoms with Crippen LogP contribution in [0.1, 0.15) is 19.2 Å². The van der Waals surface area contributed by atoms with E-state index in [0.29, 0.717) is 23.9 Å². The summed E-state index contributed by atoms with van der Waals surface area (Å²) in [6.07, 6.45) is 2.12. The number of sulfone groups is 1. The summed E-state index contributed by atoms with van der Waals surface area (Å²) < 4.78 is 44.5. The molecule has 1 amide bonds. The number of hydrogen-bond donors (Lipinski definition) is 0. The SMILES string of the molecule is C=CCn1c(COc2ccccc2F)nnc1S[C@@H](C)C(=O)N(C)[C@@H]1CCS(=O)(=O)C1. The molecule has 31 heavy (non-hydrogen) atoms. The number of para-hydroxylation sites is 1. The Morgan fingerprint density at radius 3 is 2.84 bits per heavy atom. The Balaban J connectivity index is 1.68. The highest BCUT2D eigenvalue weighted by atomic mass is 32.2. The molecule has 11 heteroatoms. The summed E-state index contributed by atoms with van der Waals surface area (Å²) in [5.74, 6) is 0.0432. The number of amides is 1. The third kappa shape index (κ3) is 5.65. The van der Waals surface area contributed by atoms with E-state index in [2.05, 4.69) is 16.8 Å². The summed E-state index contributed by atoms with van der Waals surface area (Å²) >= 11 is 1.22. The summed E-state index contributed by atoms with van der Waals surface area (Å²) in [5.41, 5.74) is 0. The number of ether oxygens (including phenoxy) is 1. The molecular weight excluding hydrogens is 443 g/mol. The number of benzene rings is 1. The lowest BCUT2D eigenvalue weighted by Gasteiger charge is -2.26. The first-order chi connectivity index (χ1) is 14.7. The van der Waals surface area contributed by atoms with Gasteiger partial charge in [0.25, 0.3) is 0 Å². The molecule has 1 saturated heterocycles. The summed E-state index contributed by atoms with van der Waals surface area (Å²) in [4.78, 5) is 14.3. The van der Waals surface area contributed by atoms with E-state index < -0.39 is 20.9 Å². The number of nitrogens with zero attached hydrogens (tertiary/aromatic N) is 4. The zero-order chi connectivity index (χ0) is 22.6. The fourth-order valence-corrected chi connectivity index (χ4v) is 6.04. The molecule has 1 fully saturated rings. The first-order valence-corrected chi connectivity index (χ1v) is 12.5. The molecule has 2 aromatic rings. The number of aromatic nitrogens is 3. The van der Waals surface area contributed by atoms with Crippen LogP contribution in [-0.4, -0.2) is 63.8 Å². The molecule has 3 rings (SSSR count). The van der Waals surface area contributed by atoms with Crippen LogP contribution in [-0.2, 0) is 27.8 Å². The Labute approximate surface area is 185 Å². The van der Waals surface area contributed by atoms with Crippen molar-refractivity contribution in [2.75, 3.05) is 18.6 Å². The van der Waals surface area contributed by atoms with E-state index in [9.17, 15) is 17.6 Å². The van der Waals surface area contributed by atoms with Crippen molar-refractivity contribution in [3.8, 4) is 5.75 Å². The van der Waals surface area contributed by atoms with Crippen molar-refractivity contribution in [3.05, 3.63) is 48.6 Å². The molecule has 0 bridgehead atoms. The Hall–Kier alpha value is -2.40. The van der Waals surface area contributed by atoms with Gasteiger partial charge in [-0.3, -0.25) is 9.36 Å². The van der Waals surface area contributed by atoms with E-state index in [-0.39, 0.29) is 35.8 Å². The van der Waals surface area contributed by atoms with Crippen molar-refractivity contribution in [3.63, 3.8) is 0 Å². The maximum atomic E-state index is 13.8. The summed E-state index contributed by atoms with van der Waals surface area (Å²) in [6, 6.07) is 5.78. The lowest BCUT2D eigenvalue weighted by atomic mass is 10.2. The van der Waals surface area contributed by atoms with Crippen LogP contribution in [0.4, 0.5) is 4.39 Å². The van der Waals surface area contributed by atoms with Crippen molar-refractivity contribution in [2.45, 2.75) is 42.9 Å². The fourth-order valence-electron chi connectivity index (χ4n) is 3.29. The van der Waals surface area contributed by atoms with E-state index in [1.807, 2.05) is 0 Å². The number of halogens is 1. The van der Waals surface area contributed by atoms with Crippen LogP contribution >= 0.6 is 11.8 Å². The van der Waals surface area contributed by atoms with Crippen LogP contribution in [0.5, 0.6) is 5.75 Å². The topological polar surface area (TPSA) is 94.4 Å². The van der Waals surface area contributed by atoms with Gasteiger partial charge in [-0.15, -0.1) is 16.8 Å². The molecule has 1 aromatic heterocycles. The Kier molecular flexibility index (Phi) is 7.37. The van der Waals surface area contributed by atoms with Gasteiger partial charge in [-0.1, -0.05) is 30.0 Å². The second-order valence-corrected chi connectivity index (χ2v) is 10.8. The van der Waals surface area contributed by atoms with Gasteiger partial charge in [0.1, 0.15) is 6.61 Å². The fraction of sp³-hybridized carbons (Fsp3) is 0.450. The maximum absolute atomic E-state index is 13.8. The molecule has 1 aliphatic rings. The van der Waals surface area contributed by atoms with Gasteiger partial charge in [0.2, 0.25) is 5.91 Å². The molecule has 1 aliphatic heterocycles. The largest absolute Gasteiger partial charge is 0.483 e. The standard InChI is InChI=1S/C20H25FN4O4S2/c1-4-10-25-18(12-29-17-8-6-5-7-16(17)21)22-23-20(25)30-14(2)19(26)24(3)15-9-11-31(27,28)13-15/h4-8,14-15H,1,9-13H2,2-3H3/t14-,15+/m0/s1. The molecule has 2 atom stereocenters. The van der Waals surface area contributed by atoms with Gasteiger partial charge >= 0.3 is 0 Å². The quantitative estimate of drug-likeness (QED) is 0.412. The summed E-state index contributed by atoms with van der Waals surface area (Å²) in [6.45, 7) is 5.88. The lowest BCUT2D eigenvalue weighted by molar-refractivity contribution is -0.130. The molecule has 8 nitrogen and oxygen atoms in total. The molecule has 0 unspecified atom stereocenters. The van der Waals surface area contributed by atoms with E-state index >= 15 is 0 Å². The zero-order valence-corrected chi connectivity index (χ0v) is 19.0. The predicted molar refractivity (Wildman–Crippen MR) is 116 cm³/mol. The van der Waals surface area contributed by atoms with Gasteiger partial charge < -0.3 is 9.64 Å². The highest BCUT2D eigenvalue weighted by Crippen LogP contribution is 2.26. The molecular formula is C20H25FN4O4S2. The molecule has 0 N–H and O–H groups in total. The highest BCUT2D eigenvalue weighted by Gasteiger charge is 2.34. The number of allylic oxidation sites excluding steroid dienone is 1. The van der Waals surface area contributed by atoms with Crippen molar-refractivity contribution < 1.29 is 22.3 Å². The van der Waals surface area contributed by atoms with Crippen LogP contribution in [0, 0.1) is 5.82 Å². The number of carbonyl (C=O) groups excluding carboxylic acids is 1. The van der Waals surface area contributed by atoms with E-state index in [1.54, 1.807) is 36.7 Å². The minimum Gasteiger partial charge on any atom is -0.483 e. The van der Waals surface area contributed by atoms with Crippen LogP contribution in [0.3, 0.4) is 0 Å². The molecule has 1 aromatic carbocycles. The Morgan fingerprint density at radius 2 is 2.19 bits per heavy atom. The first kappa shape index (κ1) is 23.3. The van der Waals surface area contributed by atoms with Gasteiger partial charge in [-0.05, 0) is 25.5 Å². The van der Waals surface area contributed by atoms with Crippen LogP contribution in [0.2, 0.25) is 0 Å². The molecule has 0 aliphatic carbocycles. The lowest BCUT2D eigenvalue weighted by Crippen LogP contribution is -2.41. The van der Waals surface area contributed by atoms with Gasteiger partial charge in [-0.2, -0.15) is 0 Å². The normalized spacial score (nSPS) is 18.5. The minimum atomic E-state index is -3.08. The van der Waals surface area contributed by atoms with Crippen molar-refractivity contribution >= 4 is 27.5 Å². The minimum absolute atomic E-state index is 0.00317. The molecule has 0 saturated carbocycles. The van der Waals surface area contributed by atoms with Gasteiger partial charge in [-0.25, -0.2) is 12.8 Å².